The molecule has 3 rings (SSSR count). The molecule has 0 unspecified atom stereocenters. The van der Waals surface area contributed by atoms with Crippen LogP contribution >= 0.6 is 0 Å². The Morgan fingerprint density at radius 2 is 1.76 bits per heavy atom. The number of benzene rings is 3. The normalized spacial score (nSPS) is 10.8. The van der Waals surface area contributed by atoms with Gasteiger partial charge in [-0.15, -0.1) is 0 Å². The molecule has 0 radical (unpaired) electrons. The molecule has 0 bridgehead atoms. The molecule has 0 aliphatic heterocycles. The van der Waals surface area contributed by atoms with Gasteiger partial charge in [0.15, 0.2) is 11.5 Å². The first-order valence-corrected chi connectivity index (χ1v) is 11.9. The Morgan fingerprint density at radius 3 is 2.49 bits per heavy atom. The van der Waals surface area contributed by atoms with Gasteiger partial charge in [-0.25, -0.2) is 0 Å². The number of rotatable bonds is 11. The van der Waals surface area contributed by atoms with Crippen LogP contribution in [0.2, 0.25) is 0 Å². The van der Waals surface area contributed by atoms with E-state index in [0.29, 0.717) is 30.9 Å². The van der Waals surface area contributed by atoms with Crippen LogP contribution in [0.4, 0.5) is 0 Å². The van der Waals surface area contributed by atoms with E-state index in [4.69, 9.17) is 14.2 Å². The van der Waals surface area contributed by atoms with Gasteiger partial charge in [0.1, 0.15) is 17.4 Å². The van der Waals surface area contributed by atoms with Gasteiger partial charge in [0.25, 0.3) is 5.91 Å². The number of hydrogen-bond acceptors (Lipinski definition) is 6. The van der Waals surface area contributed by atoms with E-state index >= 15 is 0 Å². The van der Waals surface area contributed by atoms with E-state index < -0.39 is 11.9 Å². The minimum absolute atomic E-state index is 0.0495. The molecule has 1 amide bonds. The van der Waals surface area contributed by atoms with E-state index in [-0.39, 0.29) is 17.7 Å². The second-order valence-electron chi connectivity index (χ2n) is 8.44. The minimum atomic E-state index is -0.482. The Labute approximate surface area is 217 Å². The van der Waals surface area contributed by atoms with Gasteiger partial charge in [-0.3, -0.25) is 9.59 Å². The largest absolute Gasteiger partial charge is 0.493 e. The molecule has 0 saturated carbocycles. The van der Waals surface area contributed by atoms with Crippen molar-refractivity contribution in [2.75, 3.05) is 13.7 Å². The second kappa shape index (κ2) is 13.5. The summed E-state index contributed by atoms with van der Waals surface area (Å²) in [6.07, 6.45) is 2.13. The standard InChI is InChI=1S/C30H30N2O5/c1-21-11-12-22(2)27(16-21)36-15-7-10-29(33)37-26-14-13-24(18-28(26)35-3)17-25(19-31)30(34)32-20-23-8-5-4-6-9-23/h4-6,8-9,11-14,16-18H,7,10,15,20H2,1-3H3,(H,32,34)/b25-17+. The SMILES string of the molecule is COc1cc(/C=C(\C#N)C(=O)NCc2ccccc2)ccc1OC(=O)CCCOc1cc(C)ccc1C. The van der Waals surface area contributed by atoms with Gasteiger partial charge in [0.2, 0.25) is 0 Å². The van der Waals surface area contributed by atoms with Crippen molar-refractivity contribution >= 4 is 18.0 Å². The molecule has 7 nitrogen and oxygen atoms in total. The fourth-order valence-electron chi connectivity index (χ4n) is 3.48. The van der Waals surface area contributed by atoms with Crippen LogP contribution in [0.25, 0.3) is 6.08 Å². The van der Waals surface area contributed by atoms with Crippen molar-refractivity contribution in [1.29, 1.82) is 5.26 Å². The summed E-state index contributed by atoms with van der Waals surface area (Å²) < 4.78 is 16.6. The Balaban J connectivity index is 1.55. The Bertz CT molecular complexity index is 1310. The van der Waals surface area contributed by atoms with Crippen molar-refractivity contribution in [3.05, 3.63) is 94.6 Å². The van der Waals surface area contributed by atoms with Crippen molar-refractivity contribution in [3.8, 4) is 23.3 Å². The van der Waals surface area contributed by atoms with Gasteiger partial charge in [-0.2, -0.15) is 5.26 Å². The van der Waals surface area contributed by atoms with Crippen LogP contribution in [0.3, 0.4) is 0 Å². The summed E-state index contributed by atoms with van der Waals surface area (Å²) in [5, 5.41) is 12.2. The fourth-order valence-corrected chi connectivity index (χ4v) is 3.48. The highest BCUT2D eigenvalue weighted by molar-refractivity contribution is 6.01. The zero-order chi connectivity index (χ0) is 26.6. The number of carbonyl (C=O) groups is 2. The Kier molecular flexibility index (Phi) is 9.86. The van der Waals surface area contributed by atoms with E-state index in [9.17, 15) is 14.9 Å². The summed E-state index contributed by atoms with van der Waals surface area (Å²) in [6.45, 7) is 4.68. The molecule has 0 spiro atoms. The van der Waals surface area contributed by atoms with Gasteiger partial charge in [0.05, 0.1) is 13.7 Å². The number of ether oxygens (including phenoxy) is 3. The molecule has 0 aliphatic rings. The first kappa shape index (κ1) is 27.0. The molecule has 0 saturated heterocycles. The molecule has 0 aliphatic carbocycles. The highest BCUT2D eigenvalue weighted by Gasteiger charge is 2.13. The minimum Gasteiger partial charge on any atom is -0.493 e. The molecule has 3 aromatic carbocycles. The molecule has 37 heavy (non-hydrogen) atoms. The topological polar surface area (TPSA) is 97.6 Å². The predicted octanol–water partition coefficient (Wildman–Crippen LogP) is 5.30. The van der Waals surface area contributed by atoms with E-state index in [2.05, 4.69) is 5.32 Å². The van der Waals surface area contributed by atoms with Crippen molar-refractivity contribution in [2.45, 2.75) is 33.2 Å². The number of hydrogen-bond donors (Lipinski definition) is 1. The molecule has 0 heterocycles. The lowest BCUT2D eigenvalue weighted by Gasteiger charge is -2.11. The van der Waals surface area contributed by atoms with Crippen LogP contribution in [0.5, 0.6) is 17.2 Å². The summed E-state index contributed by atoms with van der Waals surface area (Å²) in [4.78, 5) is 24.8. The summed E-state index contributed by atoms with van der Waals surface area (Å²) in [7, 11) is 1.45. The van der Waals surface area contributed by atoms with Crippen LogP contribution in [0.15, 0.2) is 72.3 Å². The quantitative estimate of drug-likeness (QED) is 0.127. The maximum Gasteiger partial charge on any atom is 0.311 e. The van der Waals surface area contributed by atoms with Crippen LogP contribution in [-0.2, 0) is 16.1 Å². The number of esters is 1. The van der Waals surface area contributed by atoms with E-state index in [1.165, 1.54) is 13.2 Å². The Morgan fingerprint density at radius 1 is 0.973 bits per heavy atom. The second-order valence-corrected chi connectivity index (χ2v) is 8.44. The fraction of sp³-hybridized carbons (Fsp3) is 0.233. The molecule has 190 valence electrons. The van der Waals surface area contributed by atoms with Crippen LogP contribution in [0.1, 0.15) is 35.1 Å². The van der Waals surface area contributed by atoms with Gasteiger partial charge in [0, 0.05) is 13.0 Å². The number of nitriles is 1. The zero-order valence-corrected chi connectivity index (χ0v) is 21.2. The van der Waals surface area contributed by atoms with Crippen molar-refractivity contribution in [1.82, 2.24) is 5.32 Å². The number of nitrogens with one attached hydrogen (secondary N) is 1. The molecule has 1 N–H and O–H groups in total. The third kappa shape index (κ3) is 8.25. The molecular weight excluding hydrogens is 468 g/mol. The predicted molar refractivity (Wildman–Crippen MR) is 141 cm³/mol. The van der Waals surface area contributed by atoms with Gasteiger partial charge < -0.3 is 19.5 Å². The molecule has 0 atom stereocenters. The first-order chi connectivity index (χ1) is 17.9. The van der Waals surface area contributed by atoms with E-state index in [0.717, 1.165) is 22.4 Å². The number of aryl methyl sites for hydroxylation is 2. The lowest BCUT2D eigenvalue weighted by atomic mass is 10.1. The maximum absolute atomic E-state index is 12.5. The maximum atomic E-state index is 12.5. The van der Waals surface area contributed by atoms with E-state index in [1.54, 1.807) is 18.2 Å². The average Bonchev–Trinajstić information content (AvgIpc) is 2.91. The monoisotopic (exact) mass is 498 g/mol. The highest BCUT2D eigenvalue weighted by atomic mass is 16.6. The van der Waals surface area contributed by atoms with E-state index in [1.807, 2.05) is 68.4 Å². The summed E-state index contributed by atoms with van der Waals surface area (Å²) in [5.41, 5.74) is 3.59. The van der Waals surface area contributed by atoms with Gasteiger partial charge in [-0.05, 0) is 66.8 Å². The smallest absolute Gasteiger partial charge is 0.311 e. The first-order valence-electron chi connectivity index (χ1n) is 11.9. The number of carbonyl (C=O) groups excluding carboxylic acids is 2. The number of methoxy groups -OCH3 is 1. The third-order valence-electron chi connectivity index (χ3n) is 5.51. The van der Waals surface area contributed by atoms with Crippen molar-refractivity contribution in [2.24, 2.45) is 0 Å². The third-order valence-corrected chi connectivity index (χ3v) is 5.51. The zero-order valence-electron chi connectivity index (χ0n) is 21.2. The van der Waals surface area contributed by atoms with Crippen molar-refractivity contribution < 1.29 is 23.8 Å². The molecule has 3 aromatic rings. The summed E-state index contributed by atoms with van der Waals surface area (Å²) in [6, 6.07) is 22.2. The average molecular weight is 499 g/mol. The number of nitrogens with zero attached hydrogens (tertiary/aromatic N) is 1. The van der Waals surface area contributed by atoms with Crippen LogP contribution in [0, 0.1) is 25.2 Å². The summed E-state index contributed by atoms with van der Waals surface area (Å²) >= 11 is 0. The lowest BCUT2D eigenvalue weighted by molar-refractivity contribution is -0.134. The molecular formula is C30H30N2O5. The molecule has 0 fully saturated rings. The Hall–Kier alpha value is -4.57. The lowest BCUT2D eigenvalue weighted by Crippen LogP contribution is -2.23. The highest BCUT2D eigenvalue weighted by Crippen LogP contribution is 2.29. The summed E-state index contributed by atoms with van der Waals surface area (Å²) in [5.74, 6) is 0.486. The van der Waals surface area contributed by atoms with Crippen LogP contribution < -0.4 is 19.5 Å². The van der Waals surface area contributed by atoms with Crippen molar-refractivity contribution in [3.63, 3.8) is 0 Å². The number of amides is 1. The molecule has 7 heteroatoms. The molecule has 0 aromatic heterocycles. The van der Waals surface area contributed by atoms with Gasteiger partial charge >= 0.3 is 5.97 Å². The van der Waals surface area contributed by atoms with Crippen LogP contribution in [-0.4, -0.2) is 25.6 Å². The van der Waals surface area contributed by atoms with Gasteiger partial charge in [-0.1, -0.05) is 48.5 Å².